The largest absolute Gasteiger partial charge is 0.442 e. The molecule has 9 nitrogen and oxygen atoms in total. The fraction of sp³-hybridized carbons (Fsp3) is 0.300. The van der Waals surface area contributed by atoms with Gasteiger partial charge in [0.25, 0.3) is 0 Å². The van der Waals surface area contributed by atoms with Crippen LogP contribution in [0.5, 0.6) is 0 Å². The molecule has 0 bridgehead atoms. The van der Waals surface area contributed by atoms with Crippen LogP contribution in [0.3, 0.4) is 0 Å². The average Bonchev–Trinajstić information content (AvgIpc) is 2.60. The molecule has 3 amide bonds. The van der Waals surface area contributed by atoms with Crippen LogP contribution in [0.1, 0.15) is 44.9 Å². The van der Waals surface area contributed by atoms with Crippen LogP contribution in [0.15, 0.2) is 47.6 Å². The van der Waals surface area contributed by atoms with Crippen LogP contribution in [-0.4, -0.2) is 28.5 Å². The van der Waals surface area contributed by atoms with Crippen molar-refractivity contribution in [1.82, 2.24) is 10.3 Å². The second-order valence-electron chi connectivity index (χ2n) is 7.37. The maximum atomic E-state index is 12.2. The Hall–Kier alpha value is -3.62. The highest BCUT2D eigenvalue weighted by atomic mass is 16.6. The number of ether oxygens (including phenoxy) is 1. The number of hydrogen-bond donors (Lipinski definition) is 4. The Labute approximate surface area is 169 Å². The van der Waals surface area contributed by atoms with E-state index >= 15 is 0 Å². The Morgan fingerprint density at radius 3 is 2.45 bits per heavy atom. The van der Waals surface area contributed by atoms with Gasteiger partial charge in [-0.25, -0.2) is 14.6 Å². The highest BCUT2D eigenvalue weighted by Crippen LogP contribution is 2.17. The number of amides is 3. The van der Waals surface area contributed by atoms with E-state index in [1.54, 1.807) is 20.8 Å². The fourth-order valence-electron chi connectivity index (χ4n) is 2.37. The molecule has 1 heterocycles. The van der Waals surface area contributed by atoms with Gasteiger partial charge in [-0.15, -0.1) is 0 Å². The number of aromatic nitrogens is 1. The number of nitrogens with one attached hydrogen (secondary N) is 2. The molecule has 6 N–H and O–H groups in total. The predicted octanol–water partition coefficient (Wildman–Crippen LogP) is 3.19. The molecule has 154 valence electrons. The number of urea groups is 1. The zero-order valence-electron chi connectivity index (χ0n) is 16.9. The zero-order valence-corrected chi connectivity index (χ0v) is 16.9. The third-order valence-electron chi connectivity index (χ3n) is 3.71. The van der Waals surface area contributed by atoms with Gasteiger partial charge in [-0.2, -0.15) is 4.99 Å². The van der Waals surface area contributed by atoms with Crippen molar-refractivity contribution < 1.29 is 14.3 Å². The monoisotopic (exact) mass is 398 g/mol. The molecule has 0 aliphatic rings. The minimum atomic E-state index is -0.828. The van der Waals surface area contributed by atoms with Gasteiger partial charge in [0.05, 0.1) is 11.6 Å². The molecule has 0 aliphatic carbocycles. The van der Waals surface area contributed by atoms with Crippen LogP contribution in [0.4, 0.5) is 21.1 Å². The summed E-state index contributed by atoms with van der Waals surface area (Å²) in [4.78, 5) is 31.7. The van der Waals surface area contributed by atoms with E-state index in [1.807, 2.05) is 37.3 Å². The Morgan fingerprint density at radius 2 is 1.86 bits per heavy atom. The van der Waals surface area contributed by atoms with Crippen molar-refractivity contribution in [2.45, 2.75) is 39.3 Å². The first-order valence-corrected chi connectivity index (χ1v) is 9.00. The maximum Gasteiger partial charge on any atom is 0.436 e. The smallest absolute Gasteiger partial charge is 0.436 e. The first-order chi connectivity index (χ1) is 13.5. The number of aliphatic imine (C=N–C) groups is 1. The maximum absolute atomic E-state index is 12.2. The van der Waals surface area contributed by atoms with E-state index in [1.165, 1.54) is 12.3 Å². The van der Waals surface area contributed by atoms with Crippen LogP contribution >= 0.6 is 0 Å². The van der Waals surface area contributed by atoms with Crippen molar-refractivity contribution in [2.24, 2.45) is 10.7 Å². The van der Waals surface area contributed by atoms with Crippen LogP contribution in [0.2, 0.25) is 0 Å². The minimum Gasteiger partial charge on any atom is -0.442 e. The lowest BCUT2D eigenvalue weighted by Gasteiger charge is -2.17. The van der Waals surface area contributed by atoms with Crippen molar-refractivity contribution in [1.29, 1.82) is 0 Å². The first kappa shape index (κ1) is 21.7. The number of hydrogen-bond acceptors (Lipinski definition) is 5. The Morgan fingerprint density at radius 1 is 1.21 bits per heavy atom. The van der Waals surface area contributed by atoms with Crippen molar-refractivity contribution in [3.63, 3.8) is 0 Å². The normalized spacial score (nSPS) is 12.8. The Balaban J connectivity index is 2.03. The molecule has 0 fully saturated rings. The van der Waals surface area contributed by atoms with Crippen molar-refractivity contribution in [2.75, 3.05) is 11.1 Å². The molecule has 2 aromatic rings. The molecular weight excluding hydrogens is 372 g/mol. The summed E-state index contributed by atoms with van der Waals surface area (Å²) in [7, 11) is 0. The molecule has 1 aromatic carbocycles. The van der Waals surface area contributed by atoms with Gasteiger partial charge in [0.2, 0.25) is 0 Å². The van der Waals surface area contributed by atoms with E-state index in [4.69, 9.17) is 16.2 Å². The van der Waals surface area contributed by atoms with Crippen molar-refractivity contribution in [3.05, 3.63) is 53.7 Å². The number of amidine groups is 1. The summed E-state index contributed by atoms with van der Waals surface area (Å²) < 4.78 is 5.09. The molecule has 0 unspecified atom stereocenters. The van der Waals surface area contributed by atoms with E-state index in [0.717, 1.165) is 5.56 Å². The van der Waals surface area contributed by atoms with Crippen LogP contribution in [-0.2, 0) is 4.74 Å². The standard InChI is InChI=1S/C20H26N6O3/c1-12(13-8-6-5-7-9-13)24-18(27)25-16-10-15(21)14(11-23-16)17(22)26-19(28)29-20(2,3)4/h5-12H,1-4H3,(H2,22,26,28)(H4,21,23,24,25,27)/t12-/m1/s1. The van der Waals surface area contributed by atoms with Crippen LogP contribution in [0, 0.1) is 0 Å². The second-order valence-corrected chi connectivity index (χ2v) is 7.37. The Kier molecular flexibility index (Phi) is 6.76. The topological polar surface area (TPSA) is 145 Å². The zero-order chi connectivity index (χ0) is 21.6. The molecule has 1 atom stereocenters. The summed E-state index contributed by atoms with van der Waals surface area (Å²) in [5, 5.41) is 5.42. The fourth-order valence-corrected chi connectivity index (χ4v) is 2.37. The number of carbonyl (C=O) groups is 2. The molecule has 0 saturated carbocycles. The average molecular weight is 398 g/mol. The second kappa shape index (κ2) is 9.05. The van der Waals surface area contributed by atoms with E-state index in [0.29, 0.717) is 0 Å². The van der Waals surface area contributed by atoms with E-state index in [-0.39, 0.29) is 28.9 Å². The number of anilines is 2. The molecule has 0 aliphatic heterocycles. The highest BCUT2D eigenvalue weighted by molar-refractivity contribution is 6.06. The predicted molar refractivity (Wildman–Crippen MR) is 113 cm³/mol. The van der Waals surface area contributed by atoms with Gasteiger partial charge in [-0.05, 0) is 33.3 Å². The number of carbonyl (C=O) groups excluding carboxylic acids is 2. The van der Waals surface area contributed by atoms with E-state index in [2.05, 4.69) is 20.6 Å². The molecule has 29 heavy (non-hydrogen) atoms. The lowest BCUT2D eigenvalue weighted by molar-refractivity contribution is 0.0604. The van der Waals surface area contributed by atoms with Gasteiger partial charge in [-0.3, -0.25) is 5.32 Å². The quantitative estimate of drug-likeness (QED) is 0.460. The summed E-state index contributed by atoms with van der Waals surface area (Å²) in [6.07, 6.45) is 0.500. The van der Waals surface area contributed by atoms with Crippen molar-refractivity contribution >= 4 is 29.5 Å². The van der Waals surface area contributed by atoms with Gasteiger partial charge >= 0.3 is 12.1 Å². The number of nitrogens with zero attached hydrogens (tertiary/aromatic N) is 2. The molecule has 0 spiro atoms. The summed E-state index contributed by atoms with van der Waals surface area (Å²) in [5.74, 6) is 0.104. The highest BCUT2D eigenvalue weighted by Gasteiger charge is 2.17. The SMILES string of the molecule is C[C@@H](NC(=O)Nc1cc(N)c(/C(N)=N\C(=O)OC(C)(C)C)cn1)c1ccccc1. The van der Waals surface area contributed by atoms with Crippen LogP contribution < -0.4 is 22.1 Å². The van der Waals surface area contributed by atoms with E-state index < -0.39 is 17.7 Å². The minimum absolute atomic E-state index is 0.127. The van der Waals surface area contributed by atoms with Crippen LogP contribution in [0.25, 0.3) is 0 Å². The molecular formula is C20H26N6O3. The summed E-state index contributed by atoms with van der Waals surface area (Å²) in [5.41, 5.74) is 12.5. The molecule has 2 rings (SSSR count). The summed E-state index contributed by atoms with van der Waals surface area (Å²) >= 11 is 0. The third kappa shape index (κ3) is 6.80. The number of rotatable bonds is 4. The lowest BCUT2D eigenvalue weighted by Crippen LogP contribution is -2.31. The first-order valence-electron chi connectivity index (χ1n) is 9.00. The number of nitrogen functional groups attached to an aromatic ring is 1. The number of benzene rings is 1. The van der Waals surface area contributed by atoms with Crippen molar-refractivity contribution in [3.8, 4) is 0 Å². The summed E-state index contributed by atoms with van der Waals surface area (Å²) in [6, 6.07) is 10.3. The van der Waals surface area contributed by atoms with Gasteiger partial charge in [0.1, 0.15) is 17.3 Å². The molecule has 0 radical (unpaired) electrons. The molecule has 1 aromatic heterocycles. The van der Waals surface area contributed by atoms with Gasteiger partial charge in [-0.1, -0.05) is 30.3 Å². The summed E-state index contributed by atoms with van der Waals surface area (Å²) in [6.45, 7) is 7.03. The molecule has 9 heteroatoms. The van der Waals surface area contributed by atoms with Gasteiger partial charge in [0.15, 0.2) is 0 Å². The number of pyridine rings is 1. The van der Waals surface area contributed by atoms with Gasteiger partial charge in [0, 0.05) is 18.0 Å². The lowest BCUT2D eigenvalue weighted by atomic mass is 10.1. The van der Waals surface area contributed by atoms with E-state index in [9.17, 15) is 9.59 Å². The number of nitrogens with two attached hydrogens (primary N) is 2. The van der Waals surface area contributed by atoms with Gasteiger partial charge < -0.3 is 21.5 Å². The Bertz CT molecular complexity index is 906. The third-order valence-corrected chi connectivity index (χ3v) is 3.71. The molecule has 0 saturated heterocycles.